The Bertz CT molecular complexity index is 555. The molecular weight excluding hydrogens is 282 g/mol. The van der Waals surface area contributed by atoms with Gasteiger partial charge >= 0.3 is 6.03 Å². The highest BCUT2D eigenvalue weighted by Gasteiger charge is 2.16. The van der Waals surface area contributed by atoms with Gasteiger partial charge in [0.25, 0.3) is 0 Å². The van der Waals surface area contributed by atoms with E-state index in [1.165, 1.54) is 0 Å². The maximum absolute atomic E-state index is 11.9. The lowest BCUT2D eigenvalue weighted by Crippen LogP contribution is -2.44. The van der Waals surface area contributed by atoms with Crippen molar-refractivity contribution in [2.24, 2.45) is 0 Å². The fraction of sp³-hybridized carbons (Fsp3) is 0.545. The summed E-state index contributed by atoms with van der Waals surface area (Å²) in [5, 5.41) is 8.20. The molecule has 102 valence electrons. The summed E-state index contributed by atoms with van der Waals surface area (Å²) in [6, 6.07) is 0.000735. The summed E-state index contributed by atoms with van der Waals surface area (Å²) in [7, 11) is 0. The molecule has 0 unspecified atom stereocenters. The van der Waals surface area contributed by atoms with Gasteiger partial charge in [-0.2, -0.15) is 16.9 Å². The van der Waals surface area contributed by atoms with Crippen molar-refractivity contribution in [1.29, 1.82) is 0 Å². The van der Waals surface area contributed by atoms with Crippen molar-refractivity contribution in [2.45, 2.75) is 13.5 Å². The Morgan fingerprint density at radius 1 is 1.47 bits per heavy atom. The van der Waals surface area contributed by atoms with E-state index >= 15 is 0 Å². The third-order valence-corrected chi connectivity index (χ3v) is 4.69. The highest BCUT2D eigenvalue weighted by molar-refractivity contribution is 7.99. The number of thioether (sulfide) groups is 1. The Kier molecular flexibility index (Phi) is 3.61. The van der Waals surface area contributed by atoms with Gasteiger partial charge in [0.2, 0.25) is 4.96 Å². The first-order valence-electron chi connectivity index (χ1n) is 6.14. The minimum absolute atomic E-state index is 0.000735. The first-order chi connectivity index (χ1) is 9.22. The van der Waals surface area contributed by atoms with E-state index in [4.69, 9.17) is 0 Å². The summed E-state index contributed by atoms with van der Waals surface area (Å²) in [5.41, 5.74) is 0.846. The number of aromatic nitrogens is 3. The van der Waals surface area contributed by atoms with Crippen LogP contribution in [0.1, 0.15) is 10.7 Å². The van der Waals surface area contributed by atoms with Crippen LogP contribution >= 0.6 is 23.1 Å². The molecule has 0 radical (unpaired) electrons. The van der Waals surface area contributed by atoms with Crippen LogP contribution in [-0.2, 0) is 6.54 Å². The fourth-order valence-electron chi connectivity index (χ4n) is 1.97. The summed E-state index contributed by atoms with van der Waals surface area (Å²) in [5.74, 6) is 2.05. The Morgan fingerprint density at radius 2 is 2.26 bits per heavy atom. The molecule has 1 aliphatic heterocycles. The van der Waals surface area contributed by atoms with Crippen molar-refractivity contribution in [2.75, 3.05) is 24.6 Å². The van der Waals surface area contributed by atoms with Crippen LogP contribution in [0.5, 0.6) is 0 Å². The van der Waals surface area contributed by atoms with Crippen LogP contribution in [0.25, 0.3) is 4.96 Å². The summed E-state index contributed by atoms with van der Waals surface area (Å²) in [4.78, 5) is 19.1. The molecule has 3 heterocycles. The van der Waals surface area contributed by atoms with Crippen LogP contribution in [0.4, 0.5) is 4.79 Å². The highest BCUT2D eigenvalue weighted by Crippen LogP contribution is 2.13. The average Bonchev–Trinajstić information content (AvgIpc) is 2.93. The Morgan fingerprint density at radius 3 is 3.00 bits per heavy atom. The van der Waals surface area contributed by atoms with Crippen LogP contribution in [0, 0.1) is 6.92 Å². The molecule has 2 aromatic rings. The molecule has 1 fully saturated rings. The highest BCUT2D eigenvalue weighted by atomic mass is 32.2. The van der Waals surface area contributed by atoms with Crippen molar-refractivity contribution in [3.63, 3.8) is 0 Å². The monoisotopic (exact) mass is 297 g/mol. The summed E-state index contributed by atoms with van der Waals surface area (Å²) < 4.78 is 1.76. The van der Waals surface area contributed by atoms with Gasteiger partial charge in [0.05, 0.1) is 18.4 Å². The topological polar surface area (TPSA) is 62.5 Å². The van der Waals surface area contributed by atoms with E-state index in [2.05, 4.69) is 15.4 Å². The number of aryl methyl sites for hydroxylation is 1. The molecule has 0 saturated carbocycles. The molecule has 0 aromatic carbocycles. The lowest BCUT2D eigenvalue weighted by Gasteiger charge is -2.26. The van der Waals surface area contributed by atoms with Crippen LogP contribution in [0.3, 0.4) is 0 Å². The van der Waals surface area contributed by atoms with E-state index < -0.39 is 0 Å². The number of hydrogen-bond acceptors (Lipinski definition) is 5. The van der Waals surface area contributed by atoms with E-state index in [-0.39, 0.29) is 6.03 Å². The zero-order chi connectivity index (χ0) is 13.2. The van der Waals surface area contributed by atoms with Crippen molar-refractivity contribution >= 4 is 34.1 Å². The van der Waals surface area contributed by atoms with Gasteiger partial charge < -0.3 is 10.2 Å². The third kappa shape index (κ3) is 2.84. The molecule has 3 rings (SSSR count). The maximum Gasteiger partial charge on any atom is 0.317 e. The number of carbonyl (C=O) groups excluding carboxylic acids is 1. The lowest BCUT2D eigenvalue weighted by atomic mass is 10.4. The van der Waals surface area contributed by atoms with Crippen LogP contribution in [0.2, 0.25) is 0 Å². The summed E-state index contributed by atoms with van der Waals surface area (Å²) >= 11 is 3.44. The van der Waals surface area contributed by atoms with E-state index in [0.717, 1.165) is 40.3 Å². The van der Waals surface area contributed by atoms with Crippen LogP contribution in [-0.4, -0.2) is 50.1 Å². The van der Waals surface area contributed by atoms with Gasteiger partial charge in [-0.25, -0.2) is 14.3 Å². The average molecular weight is 297 g/mol. The molecule has 0 aliphatic carbocycles. The number of nitrogens with one attached hydrogen (secondary N) is 1. The van der Waals surface area contributed by atoms with E-state index in [9.17, 15) is 4.79 Å². The summed E-state index contributed by atoms with van der Waals surface area (Å²) in [6.07, 6.45) is 1.87. The van der Waals surface area contributed by atoms with Gasteiger partial charge in [-0.3, -0.25) is 0 Å². The number of fused-ring (bicyclic) bond motifs is 1. The van der Waals surface area contributed by atoms with Crippen molar-refractivity contribution in [3.05, 3.63) is 16.9 Å². The van der Waals surface area contributed by atoms with E-state index in [1.807, 2.05) is 29.8 Å². The number of nitrogens with zero attached hydrogens (tertiary/aromatic N) is 4. The van der Waals surface area contributed by atoms with Crippen LogP contribution < -0.4 is 5.32 Å². The normalized spacial score (nSPS) is 15.9. The lowest BCUT2D eigenvalue weighted by molar-refractivity contribution is 0.202. The van der Waals surface area contributed by atoms with Gasteiger partial charge in [-0.15, -0.1) is 0 Å². The van der Waals surface area contributed by atoms with Crippen molar-refractivity contribution in [1.82, 2.24) is 24.8 Å². The fourth-order valence-corrected chi connectivity index (χ4v) is 3.62. The van der Waals surface area contributed by atoms with Gasteiger partial charge in [0, 0.05) is 24.6 Å². The zero-order valence-corrected chi connectivity index (χ0v) is 12.3. The minimum atomic E-state index is 0.000735. The first kappa shape index (κ1) is 12.7. The standard InChI is InChI=1S/C11H15N5OS2/c1-8-14-16-7-9(13-11(16)19-8)6-12-10(17)15-2-4-18-5-3-15/h7H,2-6H2,1H3,(H,12,17). The van der Waals surface area contributed by atoms with Crippen molar-refractivity contribution < 1.29 is 4.79 Å². The molecular formula is C11H15N5OS2. The Hall–Kier alpha value is -1.28. The molecule has 1 saturated heterocycles. The van der Waals surface area contributed by atoms with Gasteiger partial charge in [-0.1, -0.05) is 11.3 Å². The minimum Gasteiger partial charge on any atom is -0.332 e. The predicted molar refractivity (Wildman–Crippen MR) is 76.7 cm³/mol. The number of amides is 2. The van der Waals surface area contributed by atoms with Crippen molar-refractivity contribution in [3.8, 4) is 0 Å². The number of imidazole rings is 1. The summed E-state index contributed by atoms with van der Waals surface area (Å²) in [6.45, 7) is 4.07. The number of urea groups is 1. The van der Waals surface area contributed by atoms with Gasteiger partial charge in [0.1, 0.15) is 5.01 Å². The second kappa shape index (κ2) is 5.38. The Balaban J connectivity index is 1.58. The smallest absolute Gasteiger partial charge is 0.317 e. The van der Waals surface area contributed by atoms with E-state index in [0.29, 0.717) is 6.54 Å². The molecule has 2 amide bonds. The largest absolute Gasteiger partial charge is 0.332 e. The molecule has 8 heteroatoms. The quantitative estimate of drug-likeness (QED) is 0.909. The predicted octanol–water partition coefficient (Wildman–Crippen LogP) is 1.36. The molecule has 19 heavy (non-hydrogen) atoms. The van der Waals surface area contributed by atoms with Gasteiger partial charge in [0.15, 0.2) is 0 Å². The molecule has 6 nitrogen and oxygen atoms in total. The molecule has 1 N–H and O–H groups in total. The molecule has 1 aliphatic rings. The number of hydrogen-bond donors (Lipinski definition) is 1. The SMILES string of the molecule is Cc1nn2cc(CNC(=O)N3CCSCC3)nc2s1. The van der Waals surface area contributed by atoms with Crippen LogP contribution in [0.15, 0.2) is 6.20 Å². The second-order valence-electron chi connectivity index (χ2n) is 4.34. The number of carbonyl (C=O) groups is 1. The van der Waals surface area contributed by atoms with E-state index in [1.54, 1.807) is 15.9 Å². The zero-order valence-electron chi connectivity index (χ0n) is 10.6. The third-order valence-electron chi connectivity index (χ3n) is 2.91. The second-order valence-corrected chi connectivity index (χ2v) is 6.72. The Labute approximate surface area is 119 Å². The molecule has 0 spiro atoms. The van der Waals surface area contributed by atoms with Gasteiger partial charge in [-0.05, 0) is 6.92 Å². The number of rotatable bonds is 2. The maximum atomic E-state index is 11.9. The molecule has 0 bridgehead atoms. The first-order valence-corrected chi connectivity index (χ1v) is 8.12. The molecule has 2 aromatic heterocycles. The molecule has 0 atom stereocenters.